The van der Waals surface area contributed by atoms with Gasteiger partial charge in [0, 0.05) is 13.1 Å². The van der Waals surface area contributed by atoms with Gasteiger partial charge in [-0.2, -0.15) is 0 Å². The summed E-state index contributed by atoms with van der Waals surface area (Å²) in [6, 6.07) is 0. The van der Waals surface area contributed by atoms with Crippen LogP contribution in [-0.4, -0.2) is 37.0 Å². The maximum Gasteiger partial charge on any atom is 0.0636 e. The average molecular weight is 201 g/mol. The van der Waals surface area contributed by atoms with Gasteiger partial charge < -0.3 is 15.2 Å². The zero-order valence-corrected chi connectivity index (χ0v) is 9.17. The van der Waals surface area contributed by atoms with Crippen molar-refractivity contribution in [1.82, 2.24) is 5.32 Å². The van der Waals surface area contributed by atoms with Gasteiger partial charge in [-0.1, -0.05) is 19.3 Å². The van der Waals surface area contributed by atoms with E-state index in [4.69, 9.17) is 9.84 Å². The van der Waals surface area contributed by atoms with Crippen LogP contribution in [0.25, 0.3) is 0 Å². The first-order valence-corrected chi connectivity index (χ1v) is 5.79. The number of aliphatic hydroxyl groups is 1. The van der Waals surface area contributed by atoms with E-state index in [1.54, 1.807) is 6.92 Å². The van der Waals surface area contributed by atoms with Crippen LogP contribution in [0.4, 0.5) is 0 Å². The van der Waals surface area contributed by atoms with E-state index in [2.05, 4.69) is 5.32 Å². The lowest BCUT2D eigenvalue weighted by molar-refractivity contribution is 0.0294. The second-order valence-electron chi connectivity index (χ2n) is 4.18. The summed E-state index contributed by atoms with van der Waals surface area (Å²) < 4.78 is 5.72. The first kappa shape index (κ1) is 12.0. The second kappa shape index (κ2) is 7.21. The van der Waals surface area contributed by atoms with Crippen molar-refractivity contribution >= 4 is 0 Å². The Morgan fingerprint density at radius 1 is 1.36 bits per heavy atom. The second-order valence-corrected chi connectivity index (χ2v) is 4.18. The molecule has 0 amide bonds. The first-order chi connectivity index (χ1) is 6.79. The lowest BCUT2D eigenvalue weighted by Gasteiger charge is -2.22. The molecule has 0 aromatic carbocycles. The quantitative estimate of drug-likeness (QED) is 0.637. The van der Waals surface area contributed by atoms with Gasteiger partial charge in [0.05, 0.1) is 18.8 Å². The van der Waals surface area contributed by atoms with Gasteiger partial charge in [0.15, 0.2) is 0 Å². The van der Waals surface area contributed by atoms with Crippen LogP contribution in [0.1, 0.15) is 39.0 Å². The molecule has 0 aromatic heterocycles. The maximum absolute atomic E-state index is 9.00. The van der Waals surface area contributed by atoms with Crippen LogP contribution in [0.15, 0.2) is 0 Å². The highest BCUT2D eigenvalue weighted by molar-refractivity contribution is 4.65. The third-order valence-corrected chi connectivity index (χ3v) is 2.62. The molecule has 1 atom stereocenters. The minimum atomic E-state index is -0.260. The molecule has 1 aliphatic carbocycles. The normalized spacial score (nSPS) is 21.0. The number of nitrogens with one attached hydrogen (secondary N) is 1. The molecule has 1 rings (SSSR count). The summed E-state index contributed by atoms with van der Waals surface area (Å²) in [5.74, 6) is 0. The van der Waals surface area contributed by atoms with Crippen molar-refractivity contribution in [1.29, 1.82) is 0 Å². The monoisotopic (exact) mass is 201 g/mol. The molecule has 1 aliphatic rings. The Morgan fingerprint density at radius 2 is 2.07 bits per heavy atom. The Kier molecular flexibility index (Phi) is 6.15. The number of ether oxygens (including phenoxy) is 1. The highest BCUT2D eigenvalue weighted by Gasteiger charge is 2.12. The smallest absolute Gasteiger partial charge is 0.0636 e. The van der Waals surface area contributed by atoms with Crippen LogP contribution in [-0.2, 0) is 4.74 Å². The Hall–Kier alpha value is -0.120. The van der Waals surface area contributed by atoms with Crippen LogP contribution < -0.4 is 5.32 Å². The van der Waals surface area contributed by atoms with Crippen LogP contribution in [0.5, 0.6) is 0 Å². The van der Waals surface area contributed by atoms with E-state index in [0.29, 0.717) is 12.6 Å². The summed E-state index contributed by atoms with van der Waals surface area (Å²) in [5.41, 5.74) is 0. The molecule has 0 heterocycles. The van der Waals surface area contributed by atoms with Crippen molar-refractivity contribution in [2.75, 3.05) is 19.7 Å². The molecular weight excluding hydrogens is 178 g/mol. The summed E-state index contributed by atoms with van der Waals surface area (Å²) in [4.78, 5) is 0. The molecule has 14 heavy (non-hydrogen) atoms. The largest absolute Gasteiger partial charge is 0.392 e. The molecular formula is C11H23NO2. The van der Waals surface area contributed by atoms with Crippen molar-refractivity contribution in [2.45, 2.75) is 51.2 Å². The minimum Gasteiger partial charge on any atom is -0.392 e. The maximum atomic E-state index is 9.00. The molecule has 0 aliphatic heterocycles. The fourth-order valence-corrected chi connectivity index (χ4v) is 1.84. The summed E-state index contributed by atoms with van der Waals surface area (Å²) in [6.07, 6.45) is 6.73. The van der Waals surface area contributed by atoms with Crippen LogP contribution in [0, 0.1) is 0 Å². The van der Waals surface area contributed by atoms with Crippen molar-refractivity contribution in [3.8, 4) is 0 Å². The Bertz CT molecular complexity index is 133. The fraction of sp³-hybridized carbons (Fsp3) is 1.00. The molecule has 0 unspecified atom stereocenters. The molecule has 3 heteroatoms. The lowest BCUT2D eigenvalue weighted by Crippen LogP contribution is -2.29. The summed E-state index contributed by atoms with van der Waals surface area (Å²) >= 11 is 0. The Labute approximate surface area is 86.8 Å². The van der Waals surface area contributed by atoms with E-state index in [1.165, 1.54) is 32.1 Å². The van der Waals surface area contributed by atoms with Crippen molar-refractivity contribution < 1.29 is 9.84 Å². The number of aliphatic hydroxyl groups excluding tert-OH is 1. The zero-order chi connectivity index (χ0) is 10.2. The fourth-order valence-electron chi connectivity index (χ4n) is 1.84. The van der Waals surface area contributed by atoms with E-state index in [0.717, 1.165) is 13.2 Å². The van der Waals surface area contributed by atoms with Gasteiger partial charge in [-0.05, 0) is 19.8 Å². The zero-order valence-electron chi connectivity index (χ0n) is 9.17. The molecule has 0 radical (unpaired) electrons. The predicted octanol–water partition coefficient (Wildman–Crippen LogP) is 1.31. The Balaban J connectivity index is 1.87. The van der Waals surface area contributed by atoms with Crippen LogP contribution >= 0.6 is 0 Å². The highest BCUT2D eigenvalue weighted by atomic mass is 16.5. The topological polar surface area (TPSA) is 41.5 Å². The molecule has 0 aromatic rings. The summed E-state index contributed by atoms with van der Waals surface area (Å²) in [6.45, 7) is 4.07. The summed E-state index contributed by atoms with van der Waals surface area (Å²) in [5, 5.41) is 12.1. The molecule has 1 fully saturated rings. The molecule has 0 saturated heterocycles. The summed E-state index contributed by atoms with van der Waals surface area (Å²) in [7, 11) is 0. The minimum absolute atomic E-state index is 0.260. The van der Waals surface area contributed by atoms with Gasteiger partial charge >= 0.3 is 0 Å². The van der Waals surface area contributed by atoms with Gasteiger partial charge in [-0.25, -0.2) is 0 Å². The number of hydrogen-bond acceptors (Lipinski definition) is 3. The first-order valence-electron chi connectivity index (χ1n) is 5.79. The van der Waals surface area contributed by atoms with Gasteiger partial charge in [0.1, 0.15) is 0 Å². The molecule has 84 valence electrons. The third kappa shape index (κ3) is 5.58. The third-order valence-electron chi connectivity index (χ3n) is 2.62. The van der Waals surface area contributed by atoms with E-state index in [1.807, 2.05) is 0 Å². The van der Waals surface area contributed by atoms with E-state index in [-0.39, 0.29) is 6.10 Å². The van der Waals surface area contributed by atoms with Crippen molar-refractivity contribution in [2.24, 2.45) is 0 Å². The van der Waals surface area contributed by atoms with E-state index in [9.17, 15) is 0 Å². The van der Waals surface area contributed by atoms with E-state index < -0.39 is 0 Å². The van der Waals surface area contributed by atoms with Gasteiger partial charge in [0.2, 0.25) is 0 Å². The van der Waals surface area contributed by atoms with Gasteiger partial charge in [-0.15, -0.1) is 0 Å². The SMILES string of the molecule is C[C@H](O)CNCCOC1CCCCC1. The molecule has 0 spiro atoms. The highest BCUT2D eigenvalue weighted by Crippen LogP contribution is 2.19. The van der Waals surface area contributed by atoms with Crippen LogP contribution in [0.3, 0.4) is 0 Å². The standard InChI is InChI=1S/C11H23NO2/c1-10(13)9-12-7-8-14-11-5-3-2-4-6-11/h10-13H,2-9H2,1H3/t10-/m0/s1. The van der Waals surface area contributed by atoms with E-state index >= 15 is 0 Å². The molecule has 2 N–H and O–H groups in total. The van der Waals surface area contributed by atoms with Crippen molar-refractivity contribution in [3.63, 3.8) is 0 Å². The molecule has 0 bridgehead atoms. The van der Waals surface area contributed by atoms with Crippen LogP contribution in [0.2, 0.25) is 0 Å². The predicted molar refractivity (Wildman–Crippen MR) is 57.4 cm³/mol. The molecule has 3 nitrogen and oxygen atoms in total. The molecule has 1 saturated carbocycles. The van der Waals surface area contributed by atoms with Gasteiger partial charge in [-0.3, -0.25) is 0 Å². The van der Waals surface area contributed by atoms with Gasteiger partial charge in [0.25, 0.3) is 0 Å². The lowest BCUT2D eigenvalue weighted by atomic mass is 9.98. The Morgan fingerprint density at radius 3 is 2.71 bits per heavy atom. The average Bonchev–Trinajstić information content (AvgIpc) is 2.18. The van der Waals surface area contributed by atoms with Crippen molar-refractivity contribution in [3.05, 3.63) is 0 Å². The number of hydrogen-bond donors (Lipinski definition) is 2. The number of rotatable bonds is 6.